The molecule has 0 radical (unpaired) electrons. The molecule has 0 amide bonds. The highest BCUT2D eigenvalue weighted by molar-refractivity contribution is 5.92. The summed E-state index contributed by atoms with van der Waals surface area (Å²) in [5.41, 5.74) is 2.12. The van der Waals surface area contributed by atoms with Crippen molar-refractivity contribution in [2.75, 3.05) is 14.2 Å². The van der Waals surface area contributed by atoms with Gasteiger partial charge in [-0.15, -0.1) is 5.10 Å². The van der Waals surface area contributed by atoms with Crippen molar-refractivity contribution in [3.63, 3.8) is 0 Å². The number of ether oxygens (including phenoxy) is 2. The van der Waals surface area contributed by atoms with E-state index in [0.717, 1.165) is 10.9 Å². The molecule has 0 N–H and O–H groups in total. The summed E-state index contributed by atoms with van der Waals surface area (Å²) in [6, 6.07) is 18.8. The number of methoxy groups -OCH3 is 2. The van der Waals surface area contributed by atoms with Gasteiger partial charge in [-0.25, -0.2) is 9.78 Å². The average Bonchev–Trinajstić information content (AvgIpc) is 3.32. The second kappa shape index (κ2) is 8.32. The molecule has 0 aliphatic heterocycles. The average molecular weight is 457 g/mol. The molecule has 0 bridgehead atoms. The van der Waals surface area contributed by atoms with E-state index in [-0.39, 0.29) is 17.9 Å². The molecule has 0 saturated heterocycles. The molecular weight excluding hydrogens is 438 g/mol. The molecule has 10 heteroatoms. The first-order valence-electron chi connectivity index (χ1n) is 10.3. The number of fused-ring (bicyclic) bond motifs is 3. The van der Waals surface area contributed by atoms with Crippen LogP contribution in [0.3, 0.4) is 0 Å². The Morgan fingerprint density at radius 1 is 0.971 bits per heavy atom. The summed E-state index contributed by atoms with van der Waals surface area (Å²) < 4.78 is 13.5. The number of rotatable bonds is 6. The Labute approximate surface area is 192 Å². The van der Waals surface area contributed by atoms with Crippen LogP contribution in [-0.2, 0) is 6.54 Å². The van der Waals surface area contributed by atoms with E-state index in [2.05, 4.69) is 10.1 Å². The molecule has 0 atom stereocenters. The zero-order valence-electron chi connectivity index (χ0n) is 18.3. The van der Waals surface area contributed by atoms with Crippen LogP contribution in [0.1, 0.15) is 5.56 Å². The quantitative estimate of drug-likeness (QED) is 0.282. The molecule has 170 valence electrons. The largest absolute Gasteiger partial charge is 0.497 e. The summed E-state index contributed by atoms with van der Waals surface area (Å²) in [5, 5.41) is 16.2. The van der Waals surface area contributed by atoms with Crippen LogP contribution < -0.4 is 15.2 Å². The van der Waals surface area contributed by atoms with E-state index in [1.165, 1.54) is 16.6 Å². The monoisotopic (exact) mass is 457 g/mol. The van der Waals surface area contributed by atoms with Crippen molar-refractivity contribution in [3.05, 3.63) is 92.9 Å². The van der Waals surface area contributed by atoms with Gasteiger partial charge in [0.2, 0.25) is 0 Å². The van der Waals surface area contributed by atoms with Gasteiger partial charge in [0.1, 0.15) is 11.5 Å². The second-order valence-corrected chi connectivity index (χ2v) is 7.58. The molecule has 0 unspecified atom stereocenters. The fraction of sp³-hybridized carbons (Fsp3) is 0.125. The van der Waals surface area contributed by atoms with Crippen LogP contribution in [0.2, 0.25) is 0 Å². The summed E-state index contributed by atoms with van der Waals surface area (Å²) in [7, 11) is 3.11. The molecule has 2 aromatic heterocycles. The van der Waals surface area contributed by atoms with E-state index in [4.69, 9.17) is 9.47 Å². The number of hydrogen-bond acceptors (Lipinski definition) is 7. The number of para-hydroxylation sites is 1. The van der Waals surface area contributed by atoms with Crippen LogP contribution >= 0.6 is 0 Å². The lowest BCUT2D eigenvalue weighted by Gasteiger charge is -2.11. The molecule has 34 heavy (non-hydrogen) atoms. The minimum Gasteiger partial charge on any atom is -0.497 e. The zero-order chi connectivity index (χ0) is 23.8. The Hall–Kier alpha value is -4.73. The highest BCUT2D eigenvalue weighted by atomic mass is 16.6. The number of hydrogen-bond donors (Lipinski definition) is 0. The fourth-order valence-electron chi connectivity index (χ4n) is 3.85. The van der Waals surface area contributed by atoms with Crippen molar-refractivity contribution in [2.45, 2.75) is 6.54 Å². The highest BCUT2D eigenvalue weighted by Crippen LogP contribution is 2.29. The number of nitrogens with zero attached hydrogens (tertiary/aromatic N) is 5. The minimum absolute atomic E-state index is 0.00829. The van der Waals surface area contributed by atoms with Gasteiger partial charge < -0.3 is 9.47 Å². The number of benzene rings is 3. The molecule has 10 nitrogen and oxygen atoms in total. The second-order valence-electron chi connectivity index (χ2n) is 7.58. The van der Waals surface area contributed by atoms with E-state index in [0.29, 0.717) is 34.1 Å². The highest BCUT2D eigenvalue weighted by Gasteiger charge is 2.17. The van der Waals surface area contributed by atoms with Gasteiger partial charge >= 0.3 is 5.69 Å². The normalized spacial score (nSPS) is 11.1. The zero-order valence-corrected chi connectivity index (χ0v) is 18.3. The Bertz CT molecular complexity index is 1580. The molecule has 0 saturated carbocycles. The number of non-ortho nitro benzene ring substituents is 1. The molecule has 5 aromatic rings. The maximum absolute atomic E-state index is 13.5. The predicted molar refractivity (Wildman–Crippen MR) is 125 cm³/mol. The first-order chi connectivity index (χ1) is 16.5. The fourth-order valence-corrected chi connectivity index (χ4v) is 3.85. The maximum Gasteiger partial charge on any atom is 0.351 e. The Morgan fingerprint density at radius 3 is 2.29 bits per heavy atom. The summed E-state index contributed by atoms with van der Waals surface area (Å²) in [6.45, 7) is 0.218. The molecule has 2 heterocycles. The van der Waals surface area contributed by atoms with Gasteiger partial charge in [-0.2, -0.15) is 4.52 Å². The summed E-state index contributed by atoms with van der Waals surface area (Å²) >= 11 is 0. The number of aromatic nitrogens is 4. The van der Waals surface area contributed by atoms with E-state index >= 15 is 0 Å². The van der Waals surface area contributed by atoms with Gasteiger partial charge in [0.15, 0.2) is 11.5 Å². The third-order valence-corrected chi connectivity index (χ3v) is 5.55. The molecule has 5 rings (SSSR count). The maximum atomic E-state index is 13.5. The van der Waals surface area contributed by atoms with Crippen LogP contribution in [0.25, 0.3) is 27.9 Å². The van der Waals surface area contributed by atoms with Gasteiger partial charge in [0, 0.05) is 29.1 Å². The van der Waals surface area contributed by atoms with Crippen LogP contribution in [0.15, 0.2) is 71.5 Å². The van der Waals surface area contributed by atoms with Gasteiger partial charge in [-0.05, 0) is 29.8 Å². The molecule has 0 fully saturated rings. The first-order valence-corrected chi connectivity index (χ1v) is 10.3. The van der Waals surface area contributed by atoms with Gasteiger partial charge in [-0.3, -0.25) is 14.7 Å². The Kier molecular flexibility index (Phi) is 5.17. The van der Waals surface area contributed by atoms with Gasteiger partial charge in [0.05, 0.1) is 31.2 Å². The van der Waals surface area contributed by atoms with Crippen molar-refractivity contribution >= 4 is 22.2 Å². The Balaban J connectivity index is 1.69. The molecule has 0 aliphatic rings. The standard InChI is InChI=1S/C24H19N5O5/c1-33-18-11-16(12-19(13-18)34-2)22-25-23-20-5-3-4-6-21(20)27(24(30)28(23)26-22)14-15-7-9-17(10-8-15)29(31)32/h3-13H,14H2,1-2H3. The van der Waals surface area contributed by atoms with Crippen molar-refractivity contribution in [1.29, 1.82) is 0 Å². The smallest absolute Gasteiger partial charge is 0.351 e. The summed E-state index contributed by atoms with van der Waals surface area (Å²) in [6.07, 6.45) is 0. The van der Waals surface area contributed by atoms with Crippen molar-refractivity contribution < 1.29 is 14.4 Å². The van der Waals surface area contributed by atoms with E-state index in [9.17, 15) is 14.9 Å². The van der Waals surface area contributed by atoms with Crippen LogP contribution in [-0.4, -0.2) is 38.3 Å². The van der Waals surface area contributed by atoms with Crippen molar-refractivity contribution in [3.8, 4) is 22.9 Å². The molecule has 0 spiro atoms. The third-order valence-electron chi connectivity index (χ3n) is 5.55. The van der Waals surface area contributed by atoms with Crippen LogP contribution in [0.5, 0.6) is 11.5 Å². The van der Waals surface area contributed by atoms with Crippen molar-refractivity contribution in [2.24, 2.45) is 0 Å². The lowest BCUT2D eigenvalue weighted by atomic mass is 10.2. The number of nitro benzene ring substituents is 1. The minimum atomic E-state index is -0.456. The Morgan fingerprint density at radius 2 is 1.65 bits per heavy atom. The van der Waals surface area contributed by atoms with Crippen LogP contribution in [0, 0.1) is 10.1 Å². The SMILES string of the molecule is COc1cc(OC)cc(-c2nc3c4ccccc4n(Cc4ccc([N+](=O)[O-])cc4)c(=O)n3n2)c1. The van der Waals surface area contributed by atoms with E-state index < -0.39 is 4.92 Å². The van der Waals surface area contributed by atoms with Crippen molar-refractivity contribution in [1.82, 2.24) is 19.2 Å². The lowest BCUT2D eigenvalue weighted by molar-refractivity contribution is -0.384. The lowest BCUT2D eigenvalue weighted by Crippen LogP contribution is -2.28. The molecule has 0 aliphatic carbocycles. The molecule has 3 aromatic carbocycles. The van der Waals surface area contributed by atoms with Gasteiger partial charge in [0.25, 0.3) is 5.69 Å². The number of nitro groups is 1. The van der Waals surface area contributed by atoms with Crippen LogP contribution in [0.4, 0.5) is 5.69 Å². The summed E-state index contributed by atoms with van der Waals surface area (Å²) in [5.74, 6) is 1.51. The predicted octanol–water partition coefficient (Wildman–Crippen LogP) is 3.68. The topological polar surface area (TPSA) is 114 Å². The molecular formula is C24H19N5O5. The first kappa shape index (κ1) is 21.1. The van der Waals surface area contributed by atoms with E-state index in [1.54, 1.807) is 49.1 Å². The van der Waals surface area contributed by atoms with E-state index in [1.807, 2.05) is 24.3 Å². The van der Waals surface area contributed by atoms with Gasteiger partial charge in [-0.1, -0.05) is 24.3 Å². The third kappa shape index (κ3) is 3.60. The summed E-state index contributed by atoms with van der Waals surface area (Å²) in [4.78, 5) is 28.6.